The van der Waals surface area contributed by atoms with E-state index in [4.69, 9.17) is 0 Å². The van der Waals surface area contributed by atoms with Crippen LogP contribution in [0.4, 0.5) is 5.69 Å². The summed E-state index contributed by atoms with van der Waals surface area (Å²) in [6.07, 6.45) is 1.90. The van der Waals surface area contributed by atoms with Crippen LogP contribution in [-0.2, 0) is 0 Å². The van der Waals surface area contributed by atoms with Gasteiger partial charge in [0.15, 0.2) is 0 Å². The predicted octanol–water partition coefficient (Wildman–Crippen LogP) is -0.470. The molecule has 0 saturated heterocycles. The van der Waals surface area contributed by atoms with Gasteiger partial charge in [-0.2, -0.15) is 0 Å². The topological polar surface area (TPSA) is 0 Å². The van der Waals surface area contributed by atoms with E-state index < -0.39 is 0 Å². The van der Waals surface area contributed by atoms with Gasteiger partial charge >= 0.3 is 0 Å². The maximum absolute atomic E-state index is 3.80. The van der Waals surface area contributed by atoms with Crippen molar-refractivity contribution in [2.45, 2.75) is 0 Å². The molecule has 0 aromatic heterocycles. The van der Waals surface area contributed by atoms with Crippen LogP contribution in [0.25, 0.3) is 6.08 Å². The summed E-state index contributed by atoms with van der Waals surface area (Å²) in [5, 5.41) is 0. The lowest BCUT2D eigenvalue weighted by Crippen LogP contribution is -3.00. The highest BCUT2D eigenvalue weighted by Gasteiger charge is 2.14. The molecule has 0 radical (unpaired) electrons. The highest BCUT2D eigenvalue weighted by Crippen LogP contribution is 2.22. The summed E-state index contributed by atoms with van der Waals surface area (Å²) in [6, 6.07) is 8.32. The fourth-order valence-corrected chi connectivity index (χ4v) is 1.27. The standard InChI is InChI=1S/C11H16N.ClH/c1-5-10-8-6-7-9-11(10)12(2,3)4;/h5-9H,1H2,2-4H3;1H/q+1;/p-1. The summed E-state index contributed by atoms with van der Waals surface area (Å²) in [5.41, 5.74) is 2.51. The number of benzene rings is 1. The van der Waals surface area contributed by atoms with Crippen molar-refractivity contribution < 1.29 is 12.4 Å². The van der Waals surface area contributed by atoms with Crippen LogP contribution >= 0.6 is 0 Å². The van der Waals surface area contributed by atoms with Crippen molar-refractivity contribution in [2.24, 2.45) is 0 Å². The van der Waals surface area contributed by atoms with Crippen LogP contribution in [-0.4, -0.2) is 21.1 Å². The number of hydrogen-bond donors (Lipinski definition) is 0. The van der Waals surface area contributed by atoms with Gasteiger partial charge in [0.05, 0.1) is 21.1 Å². The van der Waals surface area contributed by atoms with Gasteiger partial charge < -0.3 is 12.4 Å². The molecule has 0 fully saturated rings. The molecule has 2 heteroatoms. The summed E-state index contributed by atoms with van der Waals surface area (Å²) < 4.78 is 0.836. The number of nitrogens with zero attached hydrogens (tertiary/aromatic N) is 1. The molecule has 1 nitrogen and oxygen atoms in total. The molecule has 0 amide bonds. The molecule has 0 aliphatic heterocycles. The third-order valence-corrected chi connectivity index (χ3v) is 1.88. The van der Waals surface area contributed by atoms with Crippen LogP contribution in [0.5, 0.6) is 0 Å². The van der Waals surface area contributed by atoms with E-state index in [1.165, 1.54) is 11.3 Å². The van der Waals surface area contributed by atoms with Gasteiger partial charge in [0, 0.05) is 5.56 Å². The molecule has 72 valence electrons. The minimum atomic E-state index is 0. The van der Waals surface area contributed by atoms with Crippen LogP contribution < -0.4 is 16.9 Å². The number of halogens is 1. The van der Waals surface area contributed by atoms with Gasteiger partial charge in [0.2, 0.25) is 0 Å². The highest BCUT2D eigenvalue weighted by molar-refractivity contribution is 5.64. The quantitative estimate of drug-likeness (QED) is 0.563. The Kier molecular flexibility index (Phi) is 4.18. The van der Waals surface area contributed by atoms with Crippen molar-refractivity contribution in [2.75, 3.05) is 21.1 Å². The van der Waals surface area contributed by atoms with E-state index in [2.05, 4.69) is 45.9 Å². The largest absolute Gasteiger partial charge is 1.00 e. The Morgan fingerprint density at radius 3 is 2.08 bits per heavy atom. The van der Waals surface area contributed by atoms with Crippen molar-refractivity contribution in [3.05, 3.63) is 36.4 Å². The molecule has 0 bridgehead atoms. The molecule has 1 aromatic rings. The minimum absolute atomic E-state index is 0. The molecule has 13 heavy (non-hydrogen) atoms. The van der Waals surface area contributed by atoms with Crippen molar-refractivity contribution in [3.8, 4) is 0 Å². The third-order valence-electron chi connectivity index (χ3n) is 1.88. The second kappa shape index (κ2) is 4.45. The smallest absolute Gasteiger partial charge is 0.139 e. The van der Waals surface area contributed by atoms with Crippen molar-refractivity contribution in [1.82, 2.24) is 4.48 Å². The summed E-state index contributed by atoms with van der Waals surface area (Å²) in [5.74, 6) is 0. The maximum atomic E-state index is 3.80. The molecule has 1 aromatic carbocycles. The fraction of sp³-hybridized carbons (Fsp3) is 0.273. The monoisotopic (exact) mass is 197 g/mol. The predicted molar refractivity (Wildman–Crippen MR) is 56.1 cm³/mol. The van der Waals surface area contributed by atoms with E-state index in [0.717, 1.165) is 4.48 Å². The Morgan fingerprint density at radius 2 is 1.69 bits per heavy atom. The van der Waals surface area contributed by atoms with E-state index >= 15 is 0 Å². The zero-order valence-corrected chi connectivity index (χ0v) is 9.17. The number of hydrogen-bond acceptors (Lipinski definition) is 0. The third kappa shape index (κ3) is 2.87. The van der Waals surface area contributed by atoms with Crippen molar-refractivity contribution in [3.63, 3.8) is 0 Å². The zero-order chi connectivity index (χ0) is 9.19. The summed E-state index contributed by atoms with van der Waals surface area (Å²) in [4.78, 5) is 0. The Bertz CT molecular complexity index is 286. The molecule has 0 spiro atoms. The van der Waals surface area contributed by atoms with Crippen LogP contribution in [0.1, 0.15) is 5.56 Å². The molecular weight excluding hydrogens is 182 g/mol. The first-order valence-electron chi connectivity index (χ1n) is 4.09. The lowest BCUT2D eigenvalue weighted by atomic mass is 10.1. The van der Waals surface area contributed by atoms with Gasteiger partial charge in [-0.05, 0) is 12.1 Å². The highest BCUT2D eigenvalue weighted by atomic mass is 35.5. The Hall–Kier alpha value is -0.790. The van der Waals surface area contributed by atoms with Gasteiger partial charge in [-0.1, -0.05) is 24.8 Å². The second-order valence-electron chi connectivity index (χ2n) is 3.78. The molecule has 0 saturated carbocycles. The normalized spacial score (nSPS) is 10.4. The molecule has 1 rings (SSSR count). The number of quaternary nitrogens is 1. The summed E-state index contributed by atoms with van der Waals surface area (Å²) >= 11 is 0. The van der Waals surface area contributed by atoms with E-state index in [-0.39, 0.29) is 12.4 Å². The van der Waals surface area contributed by atoms with Gasteiger partial charge in [-0.15, -0.1) is 0 Å². The molecule has 0 atom stereocenters. The molecule has 0 aliphatic carbocycles. The van der Waals surface area contributed by atoms with E-state index in [0.29, 0.717) is 0 Å². The van der Waals surface area contributed by atoms with Crippen LogP contribution in [0.3, 0.4) is 0 Å². The second-order valence-corrected chi connectivity index (χ2v) is 3.78. The van der Waals surface area contributed by atoms with Gasteiger partial charge in [-0.3, -0.25) is 4.48 Å². The van der Waals surface area contributed by atoms with E-state index in [1.807, 2.05) is 12.1 Å². The molecule has 0 heterocycles. The van der Waals surface area contributed by atoms with Crippen LogP contribution in [0.15, 0.2) is 30.8 Å². The number of rotatable bonds is 2. The molecule has 0 N–H and O–H groups in total. The average molecular weight is 198 g/mol. The lowest BCUT2D eigenvalue weighted by molar-refractivity contribution is -0.00000273. The first kappa shape index (κ1) is 12.2. The minimum Gasteiger partial charge on any atom is -1.00 e. The summed E-state index contributed by atoms with van der Waals surface area (Å²) in [7, 11) is 6.47. The van der Waals surface area contributed by atoms with Crippen molar-refractivity contribution >= 4 is 11.8 Å². The molecule has 0 unspecified atom stereocenters. The Morgan fingerprint density at radius 1 is 1.15 bits per heavy atom. The van der Waals surface area contributed by atoms with Gasteiger partial charge in [0.1, 0.15) is 5.69 Å². The van der Waals surface area contributed by atoms with Gasteiger partial charge in [-0.25, -0.2) is 0 Å². The fourth-order valence-electron chi connectivity index (χ4n) is 1.27. The first-order valence-corrected chi connectivity index (χ1v) is 4.09. The van der Waals surface area contributed by atoms with E-state index in [1.54, 1.807) is 0 Å². The first-order chi connectivity index (χ1) is 5.55. The van der Waals surface area contributed by atoms with Crippen molar-refractivity contribution in [1.29, 1.82) is 0 Å². The van der Waals surface area contributed by atoms with E-state index in [9.17, 15) is 0 Å². The summed E-state index contributed by atoms with van der Waals surface area (Å²) in [6.45, 7) is 3.80. The molecular formula is C11H16ClN. The lowest BCUT2D eigenvalue weighted by Gasteiger charge is -2.24. The zero-order valence-electron chi connectivity index (χ0n) is 8.42. The Labute approximate surface area is 86.7 Å². The number of para-hydroxylation sites is 1. The maximum Gasteiger partial charge on any atom is 0.139 e. The van der Waals surface area contributed by atoms with Crippen LogP contribution in [0, 0.1) is 0 Å². The average Bonchev–Trinajstić information content (AvgIpc) is 2.03. The molecule has 0 aliphatic rings. The Balaban J connectivity index is 0.00000144. The SMILES string of the molecule is C=Cc1ccccc1[N+](C)(C)C.[Cl-]. The van der Waals surface area contributed by atoms with Crippen LogP contribution in [0.2, 0.25) is 0 Å². The van der Waals surface area contributed by atoms with Gasteiger partial charge in [0.25, 0.3) is 0 Å².